The number of aryl methyl sites for hydroxylation is 2. The van der Waals surface area contributed by atoms with Gasteiger partial charge in [0.2, 0.25) is 17.8 Å². The SMILES string of the molecule is [B]C1CNCC(COP(=O)(N(C)C)N2CC([B])OC(COP(=O)(N(C)C)N3CCN(c4nc(OCCOCCNC(=O)OC[C@@H]5[C@@H]6CCc7nnn(C)c7CC[C@@H]65)nc(N(C)CC(N)=O)n4)CC3)C2)O1. The van der Waals surface area contributed by atoms with Crippen LogP contribution in [0.15, 0.2) is 0 Å². The molecule has 5 aliphatic rings. The lowest BCUT2D eigenvalue weighted by molar-refractivity contribution is -0.116. The summed E-state index contributed by atoms with van der Waals surface area (Å²) in [6.45, 7) is 3.49. The maximum atomic E-state index is 14.7. The summed E-state index contributed by atoms with van der Waals surface area (Å²) >= 11 is 0. The normalized spacial score (nSPS) is 27.1. The van der Waals surface area contributed by atoms with Gasteiger partial charge in [-0.1, -0.05) is 5.21 Å². The molecule has 7 rings (SSSR count). The van der Waals surface area contributed by atoms with Crippen molar-refractivity contribution in [1.82, 2.24) is 59.3 Å². The third-order valence-corrected chi connectivity index (χ3v) is 18.2. The quantitative estimate of drug-likeness (QED) is 0.0660. The van der Waals surface area contributed by atoms with Crippen LogP contribution in [0.4, 0.5) is 16.7 Å². The lowest BCUT2D eigenvalue weighted by atomic mass is 9.98. The average molecular weight is 1020 g/mol. The molecule has 3 aliphatic heterocycles. The number of nitrogens with zero attached hydrogens (tertiary/aromatic N) is 12. The molecule has 0 spiro atoms. The number of ether oxygens (including phenoxy) is 5. The van der Waals surface area contributed by atoms with E-state index in [2.05, 4.69) is 35.9 Å². The molecule has 386 valence electrons. The van der Waals surface area contributed by atoms with Gasteiger partial charge in [0.15, 0.2) is 0 Å². The van der Waals surface area contributed by atoms with E-state index in [4.69, 9.17) is 54.2 Å². The van der Waals surface area contributed by atoms with Gasteiger partial charge < -0.3 is 58.9 Å². The minimum absolute atomic E-state index is 0.00248. The number of primary amides is 1. The van der Waals surface area contributed by atoms with Gasteiger partial charge in [-0.3, -0.25) is 18.6 Å². The van der Waals surface area contributed by atoms with E-state index in [1.165, 1.54) is 15.3 Å². The predicted octanol–water partition coefficient (Wildman–Crippen LogP) is -1.34. The lowest BCUT2D eigenvalue weighted by Gasteiger charge is -2.44. The number of likely N-dealkylation sites (N-methyl/N-ethyl adjacent to an activating group) is 1. The van der Waals surface area contributed by atoms with Gasteiger partial charge in [-0.05, 0) is 71.6 Å². The summed E-state index contributed by atoms with van der Waals surface area (Å²) in [5.74, 6) is 1.33. The third-order valence-electron chi connectivity index (χ3n) is 13.0. The van der Waals surface area contributed by atoms with Crippen molar-refractivity contribution in [3.8, 4) is 6.01 Å². The van der Waals surface area contributed by atoms with Crippen LogP contribution in [0.5, 0.6) is 6.01 Å². The smallest absolute Gasteiger partial charge is 0.407 e. The molecule has 2 aromatic heterocycles. The number of aromatic nitrogens is 6. The molecule has 1 saturated carbocycles. The molecule has 9 atom stereocenters. The van der Waals surface area contributed by atoms with Crippen LogP contribution in [0.25, 0.3) is 0 Å². The number of nitrogens with two attached hydrogens (primary N) is 1. The van der Waals surface area contributed by atoms with Gasteiger partial charge in [-0.15, -0.1) is 5.10 Å². The second-order valence-corrected chi connectivity index (χ2v) is 23.7. The van der Waals surface area contributed by atoms with Crippen LogP contribution in [0.2, 0.25) is 0 Å². The van der Waals surface area contributed by atoms with Crippen molar-refractivity contribution < 1.29 is 51.5 Å². The fourth-order valence-corrected chi connectivity index (χ4v) is 13.3. The largest absolute Gasteiger partial charge is 0.461 e. The Labute approximate surface area is 412 Å². The molecule has 4 N–H and O–H groups in total. The molecule has 2 aromatic rings. The van der Waals surface area contributed by atoms with Gasteiger partial charge in [0.25, 0.3) is 0 Å². The molecule has 30 heteroatoms. The molecule has 2 aliphatic carbocycles. The van der Waals surface area contributed by atoms with Crippen LogP contribution >= 0.6 is 15.3 Å². The van der Waals surface area contributed by atoms with Gasteiger partial charge in [-0.2, -0.15) is 15.0 Å². The van der Waals surface area contributed by atoms with Crippen molar-refractivity contribution >= 4 is 54.9 Å². The second-order valence-electron chi connectivity index (χ2n) is 18.5. The van der Waals surface area contributed by atoms with Gasteiger partial charge in [0.05, 0.1) is 63.2 Å². The molecule has 70 heavy (non-hydrogen) atoms. The van der Waals surface area contributed by atoms with Crippen molar-refractivity contribution in [2.75, 3.05) is 150 Å². The van der Waals surface area contributed by atoms with Crippen molar-refractivity contribution in [1.29, 1.82) is 0 Å². The molecule has 6 unspecified atom stereocenters. The summed E-state index contributed by atoms with van der Waals surface area (Å²) < 4.78 is 78.5. The van der Waals surface area contributed by atoms with E-state index in [9.17, 15) is 18.7 Å². The molecule has 0 bridgehead atoms. The average Bonchev–Trinajstić information content (AvgIpc) is 3.86. The van der Waals surface area contributed by atoms with Crippen LogP contribution < -0.4 is 30.9 Å². The molecule has 3 saturated heterocycles. The molecule has 5 heterocycles. The van der Waals surface area contributed by atoms with Gasteiger partial charge in [-0.25, -0.2) is 23.5 Å². The third kappa shape index (κ3) is 13.9. The van der Waals surface area contributed by atoms with E-state index in [-0.39, 0.29) is 83.2 Å². The second kappa shape index (κ2) is 24.5. The van der Waals surface area contributed by atoms with E-state index in [0.29, 0.717) is 63.6 Å². The first-order chi connectivity index (χ1) is 33.4. The Bertz CT molecular complexity index is 2160. The van der Waals surface area contributed by atoms with Gasteiger partial charge in [0, 0.05) is 85.0 Å². The number of carbonyl (C=O) groups is 2. The number of piperazine rings is 1. The Hall–Kier alpha value is -3.52. The van der Waals surface area contributed by atoms with Crippen molar-refractivity contribution in [2.24, 2.45) is 30.5 Å². The van der Waals surface area contributed by atoms with E-state index in [1.54, 1.807) is 49.2 Å². The molecular weight excluding hydrogens is 950 g/mol. The Morgan fingerprint density at radius 1 is 0.843 bits per heavy atom. The van der Waals surface area contributed by atoms with Gasteiger partial charge >= 0.3 is 27.4 Å². The van der Waals surface area contributed by atoms with E-state index < -0.39 is 45.5 Å². The van der Waals surface area contributed by atoms with Crippen LogP contribution in [0, 0.1) is 17.8 Å². The van der Waals surface area contributed by atoms with Gasteiger partial charge in [0.1, 0.15) is 22.3 Å². The summed E-state index contributed by atoms with van der Waals surface area (Å²) in [7, 11) is 15.3. The van der Waals surface area contributed by atoms with Crippen LogP contribution in [-0.4, -0.2) is 241 Å². The molecule has 4 fully saturated rings. The van der Waals surface area contributed by atoms with E-state index >= 15 is 0 Å². The number of amides is 2. The lowest BCUT2D eigenvalue weighted by Crippen LogP contribution is -2.51. The number of nitrogens with one attached hydrogen (secondary N) is 2. The first-order valence-electron chi connectivity index (χ1n) is 23.8. The highest BCUT2D eigenvalue weighted by Crippen LogP contribution is 2.56. The standard InChI is InChI=1S/C40H69B2N15O11P2/c1-51(2)69(60,66-25-28-21-57(22-35(42)68-28)70(61,52(3)4)65-24-27-19-44-20-34(41)67-27)56-14-12-55(13-15-56)38-46-37(53(5)23-36(43)58)47-39(48-38)63-18-17-62-16-11-45-40(59)64-26-31-29-7-9-32-33(10-8-30(29)31)54(6)50-49-32/h27-31,34-35,44H,7-26H2,1-6H3,(H2,43,58)(H,45,59)/t27?,28?,29-,30+,31-,34?,35?,69?,70?/m1/s1. The molecular formula is C40H69B2N15O11P2. The number of rotatable bonds is 23. The zero-order valence-electron chi connectivity index (χ0n) is 41.2. The molecule has 26 nitrogen and oxygen atoms in total. The van der Waals surface area contributed by atoms with E-state index in [1.807, 2.05) is 16.6 Å². The highest BCUT2D eigenvalue weighted by Gasteiger charge is 2.50. The topological polar surface area (TPSA) is 272 Å². The summed E-state index contributed by atoms with van der Waals surface area (Å²) in [4.78, 5) is 41.2. The molecule has 2 amide bonds. The zero-order chi connectivity index (χ0) is 50.2. The number of morpholine rings is 2. The van der Waals surface area contributed by atoms with Crippen molar-refractivity contribution in [2.45, 2.75) is 49.9 Å². The maximum Gasteiger partial charge on any atom is 0.407 e. The summed E-state index contributed by atoms with van der Waals surface area (Å²) in [6.07, 6.45) is 2.36. The minimum Gasteiger partial charge on any atom is -0.461 e. The van der Waals surface area contributed by atoms with Crippen molar-refractivity contribution in [3.05, 3.63) is 11.4 Å². The number of carbonyl (C=O) groups excluding carboxylic acids is 2. The fourth-order valence-electron chi connectivity index (χ4n) is 9.30. The monoisotopic (exact) mass is 1020 g/mol. The number of anilines is 2. The summed E-state index contributed by atoms with van der Waals surface area (Å²) in [5, 5.41) is 14.4. The van der Waals surface area contributed by atoms with Crippen LogP contribution in [0.3, 0.4) is 0 Å². The fraction of sp³-hybridized carbons (Fsp3) is 0.825. The Morgan fingerprint density at radius 3 is 2.23 bits per heavy atom. The first-order valence-corrected chi connectivity index (χ1v) is 26.9. The first kappa shape index (κ1) is 54.3. The van der Waals surface area contributed by atoms with Crippen molar-refractivity contribution in [3.63, 3.8) is 0 Å². The number of hydrogen-bond donors (Lipinski definition) is 3. The molecule has 4 radical (unpaired) electrons. The highest BCUT2D eigenvalue weighted by atomic mass is 31.2. The Kier molecular flexibility index (Phi) is 19.0. The Balaban J connectivity index is 0.859. The summed E-state index contributed by atoms with van der Waals surface area (Å²) in [6, 6.07) is -1.30. The van der Waals surface area contributed by atoms with Crippen LogP contribution in [-0.2, 0) is 61.8 Å². The minimum atomic E-state index is -3.62. The summed E-state index contributed by atoms with van der Waals surface area (Å²) in [5.41, 5.74) is 7.77. The Morgan fingerprint density at radius 2 is 1.53 bits per heavy atom. The van der Waals surface area contributed by atoms with E-state index in [0.717, 1.165) is 31.4 Å². The highest BCUT2D eigenvalue weighted by molar-refractivity contribution is 7.54. The number of hydrogen-bond acceptors (Lipinski definition) is 19. The van der Waals surface area contributed by atoms with Crippen LogP contribution in [0.1, 0.15) is 24.2 Å². The molecule has 0 aromatic carbocycles. The predicted molar refractivity (Wildman–Crippen MR) is 258 cm³/mol. The number of alkyl carbamates (subject to hydrolysis) is 1. The zero-order valence-corrected chi connectivity index (χ0v) is 43.0. The number of fused-ring (bicyclic) bond motifs is 2. The maximum absolute atomic E-state index is 14.7.